The van der Waals surface area contributed by atoms with Crippen molar-refractivity contribution in [1.82, 2.24) is 4.90 Å². The van der Waals surface area contributed by atoms with E-state index in [9.17, 15) is 23.1 Å². The summed E-state index contributed by atoms with van der Waals surface area (Å²) in [7, 11) is 0. The van der Waals surface area contributed by atoms with Crippen LogP contribution in [0, 0.1) is 5.92 Å². The Morgan fingerprint density at radius 2 is 1.84 bits per heavy atom. The molecule has 4 rings (SSSR count). The zero-order valence-electron chi connectivity index (χ0n) is 17.5. The van der Waals surface area contributed by atoms with Crippen molar-refractivity contribution in [3.8, 4) is 0 Å². The highest BCUT2D eigenvalue weighted by molar-refractivity contribution is 7.99. The van der Waals surface area contributed by atoms with Crippen LogP contribution in [0.5, 0.6) is 0 Å². The van der Waals surface area contributed by atoms with Gasteiger partial charge in [-0.2, -0.15) is 13.2 Å². The van der Waals surface area contributed by atoms with Gasteiger partial charge in [0.15, 0.2) is 0 Å². The van der Waals surface area contributed by atoms with Crippen LogP contribution < -0.4 is 4.90 Å². The number of hydrogen-bond donors (Lipinski definition) is 1. The van der Waals surface area contributed by atoms with E-state index in [1.807, 2.05) is 29.2 Å². The Bertz CT molecular complexity index is 970. The number of nitrogens with zero attached hydrogens (tertiary/aromatic N) is 2. The van der Waals surface area contributed by atoms with Gasteiger partial charge in [0.05, 0.1) is 36.1 Å². The molecule has 1 atom stereocenters. The Labute approximate surface area is 189 Å². The first-order valence-electron chi connectivity index (χ1n) is 10.6. The summed E-state index contributed by atoms with van der Waals surface area (Å²) in [5, 5.41) is 9.20. The molecule has 172 valence electrons. The Kier molecular flexibility index (Phi) is 6.97. The molecule has 0 bridgehead atoms. The molecule has 0 saturated carbocycles. The maximum Gasteiger partial charge on any atom is 0.416 e. The number of carbonyl (C=O) groups is 1. The molecule has 2 aliphatic heterocycles. The number of para-hydroxylation sites is 1. The number of hydrogen-bond acceptors (Lipinski definition) is 5. The smallest absolute Gasteiger partial charge is 0.416 e. The summed E-state index contributed by atoms with van der Waals surface area (Å²) < 4.78 is 45.7. The standard InChI is InChI=1S/C23H25F3N2O3S/c24-23(25,26)17-7-8-21-19(14-17)28(18-5-1-2-6-20(18)32-21)11-13-31-12-10-27-9-3-4-16(15-27)22(29)30/h1-2,5-8,14,16H,3-4,9-13,15H2,(H,29,30). The highest BCUT2D eigenvalue weighted by atomic mass is 32.2. The summed E-state index contributed by atoms with van der Waals surface area (Å²) >= 11 is 1.47. The van der Waals surface area contributed by atoms with Crippen molar-refractivity contribution < 1.29 is 27.8 Å². The second kappa shape index (κ2) is 9.72. The number of fused-ring (bicyclic) bond motifs is 2. The quantitative estimate of drug-likeness (QED) is 0.572. The summed E-state index contributed by atoms with van der Waals surface area (Å²) in [6.45, 7) is 3.26. The second-order valence-corrected chi connectivity index (χ2v) is 9.08. The minimum absolute atomic E-state index is 0.328. The molecule has 5 nitrogen and oxygen atoms in total. The lowest BCUT2D eigenvalue weighted by atomic mass is 9.98. The molecule has 2 aliphatic rings. The van der Waals surface area contributed by atoms with Gasteiger partial charge in [-0.05, 0) is 49.7 Å². The molecule has 2 aromatic carbocycles. The van der Waals surface area contributed by atoms with E-state index in [1.165, 1.54) is 23.9 Å². The maximum atomic E-state index is 13.3. The van der Waals surface area contributed by atoms with Crippen molar-refractivity contribution in [2.45, 2.75) is 28.8 Å². The molecule has 1 fully saturated rings. The number of likely N-dealkylation sites (tertiary alicyclic amines) is 1. The van der Waals surface area contributed by atoms with Crippen molar-refractivity contribution >= 4 is 29.1 Å². The van der Waals surface area contributed by atoms with E-state index in [0.29, 0.717) is 45.0 Å². The fraction of sp³-hybridized carbons (Fsp3) is 0.435. The molecule has 0 aliphatic carbocycles. The predicted octanol–water partition coefficient (Wildman–Crippen LogP) is 5.12. The molecule has 2 aromatic rings. The van der Waals surface area contributed by atoms with E-state index in [1.54, 1.807) is 0 Å². The highest BCUT2D eigenvalue weighted by Gasteiger charge is 2.33. The molecule has 9 heteroatoms. The summed E-state index contributed by atoms with van der Waals surface area (Å²) in [6, 6.07) is 11.5. The van der Waals surface area contributed by atoms with E-state index < -0.39 is 17.7 Å². The Balaban J connectivity index is 1.39. The van der Waals surface area contributed by atoms with E-state index in [4.69, 9.17) is 4.74 Å². The molecule has 1 saturated heterocycles. The average molecular weight is 467 g/mol. The van der Waals surface area contributed by atoms with Crippen LogP contribution in [0.15, 0.2) is 52.3 Å². The van der Waals surface area contributed by atoms with Crippen molar-refractivity contribution in [3.05, 3.63) is 48.0 Å². The van der Waals surface area contributed by atoms with Crippen molar-refractivity contribution in [2.75, 3.05) is 44.3 Å². The van der Waals surface area contributed by atoms with Gasteiger partial charge in [-0.1, -0.05) is 23.9 Å². The molecule has 32 heavy (non-hydrogen) atoms. The van der Waals surface area contributed by atoms with Crippen LogP contribution in [0.25, 0.3) is 0 Å². The summed E-state index contributed by atoms with van der Waals surface area (Å²) in [5.74, 6) is -1.08. The summed E-state index contributed by atoms with van der Waals surface area (Å²) in [5.41, 5.74) is 0.737. The third-order valence-electron chi connectivity index (χ3n) is 5.82. The van der Waals surface area contributed by atoms with Crippen LogP contribution >= 0.6 is 11.8 Å². The lowest BCUT2D eigenvalue weighted by Crippen LogP contribution is -2.40. The zero-order chi connectivity index (χ0) is 22.7. The SMILES string of the molecule is O=C(O)C1CCCN(CCOCCN2c3ccccc3Sc3ccc(C(F)(F)F)cc32)C1. The zero-order valence-corrected chi connectivity index (χ0v) is 18.3. The molecule has 0 aromatic heterocycles. The highest BCUT2D eigenvalue weighted by Crippen LogP contribution is 2.49. The number of piperidine rings is 1. The number of carboxylic acids is 1. The largest absolute Gasteiger partial charge is 0.481 e. The Hall–Kier alpha value is -2.23. The molecule has 1 unspecified atom stereocenters. The maximum absolute atomic E-state index is 13.3. The molecule has 1 N–H and O–H groups in total. The van der Waals surface area contributed by atoms with Crippen molar-refractivity contribution in [3.63, 3.8) is 0 Å². The van der Waals surface area contributed by atoms with Gasteiger partial charge in [-0.15, -0.1) is 0 Å². The van der Waals surface area contributed by atoms with E-state index in [0.717, 1.165) is 34.5 Å². The van der Waals surface area contributed by atoms with Gasteiger partial charge < -0.3 is 19.6 Å². The number of alkyl halides is 3. The van der Waals surface area contributed by atoms with Crippen LogP contribution in [0.1, 0.15) is 18.4 Å². The number of carboxylic acid groups (broad SMARTS) is 1. The van der Waals surface area contributed by atoms with Gasteiger partial charge in [-0.3, -0.25) is 4.79 Å². The molecular weight excluding hydrogens is 441 g/mol. The predicted molar refractivity (Wildman–Crippen MR) is 117 cm³/mol. The van der Waals surface area contributed by atoms with E-state index >= 15 is 0 Å². The van der Waals surface area contributed by atoms with E-state index in [2.05, 4.69) is 4.90 Å². The van der Waals surface area contributed by atoms with Gasteiger partial charge in [0, 0.05) is 29.4 Å². The number of halogens is 3. The fourth-order valence-electron chi connectivity index (χ4n) is 4.16. The fourth-order valence-corrected chi connectivity index (χ4v) is 5.23. The normalized spacial score (nSPS) is 18.8. The molecular formula is C23H25F3N2O3S. The van der Waals surface area contributed by atoms with Crippen LogP contribution in [-0.2, 0) is 15.7 Å². The van der Waals surface area contributed by atoms with Crippen LogP contribution in [-0.4, -0.2) is 55.4 Å². The molecule has 0 radical (unpaired) electrons. The van der Waals surface area contributed by atoms with Gasteiger partial charge >= 0.3 is 12.1 Å². The first-order valence-corrected chi connectivity index (χ1v) is 11.4. The number of anilines is 2. The number of aliphatic carboxylic acids is 1. The second-order valence-electron chi connectivity index (χ2n) is 7.99. The van der Waals surface area contributed by atoms with E-state index in [-0.39, 0.29) is 5.92 Å². The number of ether oxygens (including phenoxy) is 1. The van der Waals surface area contributed by atoms with Gasteiger partial charge in [0.1, 0.15) is 0 Å². The van der Waals surface area contributed by atoms with Crippen LogP contribution in [0.2, 0.25) is 0 Å². The third-order valence-corrected chi connectivity index (χ3v) is 6.95. The summed E-state index contributed by atoms with van der Waals surface area (Å²) in [4.78, 5) is 17.0. The minimum atomic E-state index is -4.40. The van der Waals surface area contributed by atoms with Crippen molar-refractivity contribution in [2.24, 2.45) is 5.92 Å². The first-order chi connectivity index (χ1) is 15.3. The number of benzene rings is 2. The van der Waals surface area contributed by atoms with Gasteiger partial charge in [0.25, 0.3) is 0 Å². The topological polar surface area (TPSA) is 53.0 Å². The van der Waals surface area contributed by atoms with Gasteiger partial charge in [0.2, 0.25) is 0 Å². The molecule has 2 heterocycles. The number of rotatable bonds is 7. The van der Waals surface area contributed by atoms with Gasteiger partial charge in [-0.25, -0.2) is 0 Å². The Morgan fingerprint density at radius 3 is 2.62 bits per heavy atom. The monoisotopic (exact) mass is 466 g/mol. The Morgan fingerprint density at radius 1 is 1.09 bits per heavy atom. The van der Waals surface area contributed by atoms with Crippen molar-refractivity contribution in [1.29, 1.82) is 0 Å². The third kappa shape index (κ3) is 5.22. The molecule has 0 amide bonds. The van der Waals surface area contributed by atoms with Crippen LogP contribution in [0.4, 0.5) is 24.5 Å². The average Bonchev–Trinajstić information content (AvgIpc) is 2.77. The lowest BCUT2D eigenvalue weighted by Gasteiger charge is -2.33. The lowest BCUT2D eigenvalue weighted by molar-refractivity contribution is -0.143. The molecule has 0 spiro atoms. The first kappa shape index (κ1) is 22.9. The summed E-state index contributed by atoms with van der Waals surface area (Å²) in [6.07, 6.45) is -2.84. The van der Waals surface area contributed by atoms with Crippen LogP contribution in [0.3, 0.4) is 0 Å². The minimum Gasteiger partial charge on any atom is -0.481 e.